The molecule has 0 aromatic carbocycles. The molecule has 33 heavy (non-hydrogen) atoms. The molecule has 0 radical (unpaired) electrons. The average molecular weight is 477 g/mol. The van der Waals surface area contributed by atoms with Crippen LogP contribution in [0.5, 0.6) is 0 Å². The van der Waals surface area contributed by atoms with E-state index in [1.54, 1.807) is 6.92 Å². The van der Waals surface area contributed by atoms with Crippen LogP contribution >= 0.6 is 0 Å². The largest absolute Gasteiger partial charge is 0.522 e. The van der Waals surface area contributed by atoms with Gasteiger partial charge in [0.05, 0.1) is 6.04 Å². The van der Waals surface area contributed by atoms with Gasteiger partial charge in [-0.2, -0.15) is 0 Å². The molecular weight excluding hydrogens is 447 g/mol. The Kier molecular flexibility index (Phi) is 7.99. The summed E-state index contributed by atoms with van der Waals surface area (Å²) in [4.78, 5) is 51.8. The van der Waals surface area contributed by atoms with Gasteiger partial charge in [-0.25, -0.2) is 0 Å². The number of ketones is 1. The number of Topliss-reactive ketones (excluding diaryl/α,β-unsaturated/α-hetero) is 1. The molecule has 2 heterocycles. The summed E-state index contributed by atoms with van der Waals surface area (Å²) < 4.78 is 41.0. The monoisotopic (exact) mass is 477 g/mol. The second-order valence-electron chi connectivity index (χ2n) is 8.95. The van der Waals surface area contributed by atoms with Gasteiger partial charge >= 0.3 is 6.36 Å². The van der Waals surface area contributed by atoms with Crippen LogP contribution in [0.25, 0.3) is 0 Å². The highest BCUT2D eigenvalue weighted by Crippen LogP contribution is 2.41. The van der Waals surface area contributed by atoms with Gasteiger partial charge in [0.25, 0.3) is 5.91 Å². The zero-order valence-corrected chi connectivity index (χ0v) is 18.4. The first-order valence-electron chi connectivity index (χ1n) is 11.3. The van der Waals surface area contributed by atoms with E-state index in [-0.39, 0.29) is 30.7 Å². The van der Waals surface area contributed by atoms with E-state index in [0.29, 0.717) is 25.8 Å². The first-order chi connectivity index (χ1) is 15.5. The third kappa shape index (κ3) is 6.03. The molecular formula is C21H30F3N3O6. The number of rotatable bonds is 9. The van der Waals surface area contributed by atoms with Gasteiger partial charge in [-0.1, -0.05) is 13.3 Å². The van der Waals surface area contributed by atoms with Crippen molar-refractivity contribution in [1.29, 1.82) is 0 Å². The molecule has 12 heteroatoms. The van der Waals surface area contributed by atoms with Crippen molar-refractivity contribution in [1.82, 2.24) is 15.5 Å². The third-order valence-electron chi connectivity index (χ3n) is 6.83. The Morgan fingerprint density at radius 1 is 1.27 bits per heavy atom. The Morgan fingerprint density at radius 3 is 2.61 bits per heavy atom. The maximum atomic E-state index is 13.2. The SMILES string of the molecule is CC[C@@H](O)C(=O)N1[C@H](C(=O)N[C@@H](C[C@@H]2CCNC2=O)C(=O)COC(F)(F)F)C[C@@H]2CCC[C@@H]21. The normalized spacial score (nSPS) is 28.9. The van der Waals surface area contributed by atoms with Crippen LogP contribution in [0.3, 0.4) is 0 Å². The molecule has 2 aliphatic heterocycles. The lowest BCUT2D eigenvalue weighted by Gasteiger charge is -2.32. The van der Waals surface area contributed by atoms with Gasteiger partial charge in [0.2, 0.25) is 11.8 Å². The molecule has 9 nitrogen and oxygen atoms in total. The van der Waals surface area contributed by atoms with Crippen LogP contribution < -0.4 is 10.6 Å². The van der Waals surface area contributed by atoms with E-state index < -0.39 is 54.7 Å². The summed E-state index contributed by atoms with van der Waals surface area (Å²) in [5.41, 5.74) is 0. The number of alkyl halides is 3. The van der Waals surface area contributed by atoms with Crippen LogP contribution in [0.4, 0.5) is 13.2 Å². The van der Waals surface area contributed by atoms with Gasteiger partial charge in [0.1, 0.15) is 18.8 Å². The lowest BCUT2D eigenvalue weighted by atomic mass is 9.95. The maximum Gasteiger partial charge on any atom is 0.522 e. The molecule has 0 unspecified atom stereocenters. The summed E-state index contributed by atoms with van der Waals surface area (Å²) in [6.45, 7) is 0.721. The quantitative estimate of drug-likeness (QED) is 0.448. The molecule has 3 fully saturated rings. The number of likely N-dealkylation sites (tertiary alicyclic amines) is 1. The van der Waals surface area contributed by atoms with E-state index in [9.17, 15) is 37.5 Å². The number of nitrogens with zero attached hydrogens (tertiary/aromatic N) is 1. The van der Waals surface area contributed by atoms with E-state index in [2.05, 4.69) is 15.4 Å². The number of halogens is 3. The number of nitrogens with one attached hydrogen (secondary N) is 2. The zero-order chi connectivity index (χ0) is 24.3. The molecule has 3 amide bonds. The summed E-state index contributed by atoms with van der Waals surface area (Å²) in [6, 6.07) is -2.51. The summed E-state index contributed by atoms with van der Waals surface area (Å²) in [5, 5.41) is 15.2. The van der Waals surface area contributed by atoms with Crippen molar-refractivity contribution in [2.45, 2.75) is 82.5 Å². The number of carbonyl (C=O) groups excluding carboxylic acids is 4. The predicted molar refractivity (Wildman–Crippen MR) is 107 cm³/mol. The lowest BCUT2D eigenvalue weighted by Crippen LogP contribution is -2.55. The van der Waals surface area contributed by atoms with E-state index in [1.165, 1.54) is 4.90 Å². The van der Waals surface area contributed by atoms with E-state index in [1.807, 2.05) is 0 Å². The molecule has 3 rings (SSSR count). The summed E-state index contributed by atoms with van der Waals surface area (Å²) in [7, 11) is 0. The van der Waals surface area contributed by atoms with Gasteiger partial charge in [-0.3, -0.25) is 23.9 Å². The van der Waals surface area contributed by atoms with Crippen LogP contribution in [0, 0.1) is 11.8 Å². The Labute approximate surface area is 189 Å². The van der Waals surface area contributed by atoms with Crippen LogP contribution in [0.1, 0.15) is 51.9 Å². The van der Waals surface area contributed by atoms with Crippen molar-refractivity contribution < 1.29 is 42.2 Å². The molecule has 0 aromatic rings. The number of aliphatic hydroxyl groups excluding tert-OH is 1. The molecule has 0 bridgehead atoms. The number of fused-ring (bicyclic) bond motifs is 1. The fourth-order valence-corrected chi connectivity index (χ4v) is 5.13. The maximum absolute atomic E-state index is 13.2. The summed E-state index contributed by atoms with van der Waals surface area (Å²) in [5.74, 6) is -3.14. The number of ether oxygens (including phenoxy) is 1. The van der Waals surface area contributed by atoms with E-state index in [4.69, 9.17) is 0 Å². The second-order valence-corrected chi connectivity index (χ2v) is 8.95. The van der Waals surface area contributed by atoms with Crippen molar-refractivity contribution in [3.63, 3.8) is 0 Å². The minimum absolute atomic E-state index is 0.0806. The minimum Gasteiger partial charge on any atom is -0.383 e. The topological polar surface area (TPSA) is 125 Å². The van der Waals surface area contributed by atoms with Crippen molar-refractivity contribution in [2.75, 3.05) is 13.2 Å². The first kappa shape index (κ1) is 25.4. The second kappa shape index (κ2) is 10.4. The van der Waals surface area contributed by atoms with Gasteiger partial charge < -0.3 is 20.6 Å². The molecule has 1 saturated carbocycles. The molecule has 0 aromatic heterocycles. The minimum atomic E-state index is -5.02. The zero-order valence-electron chi connectivity index (χ0n) is 18.4. The fourth-order valence-electron chi connectivity index (χ4n) is 5.13. The number of aliphatic hydroxyl groups is 1. The Bertz CT molecular complexity index is 777. The van der Waals surface area contributed by atoms with Crippen LogP contribution in [0.15, 0.2) is 0 Å². The number of hydrogen-bond donors (Lipinski definition) is 3. The molecule has 1 aliphatic carbocycles. The first-order valence-corrected chi connectivity index (χ1v) is 11.3. The average Bonchev–Trinajstić information content (AvgIpc) is 3.46. The van der Waals surface area contributed by atoms with Crippen molar-refractivity contribution >= 4 is 23.5 Å². The van der Waals surface area contributed by atoms with E-state index >= 15 is 0 Å². The number of carbonyl (C=O) groups is 4. The standard InChI is InChI=1S/C21H30F3N3O6/c1-2-16(28)20(32)27-14-5-3-4-11(14)9-15(27)19(31)26-13(8-12-6-7-25-18(12)30)17(29)10-33-21(22,23)24/h11-16,28H,2-10H2,1H3,(H,25,30)(H,26,31)/t11-,12-,13-,14-,15-,16+/m0/s1. The van der Waals surface area contributed by atoms with Crippen LogP contribution in [-0.4, -0.2) is 77.3 Å². The molecule has 6 atom stereocenters. The Morgan fingerprint density at radius 2 is 2.00 bits per heavy atom. The van der Waals surface area contributed by atoms with Gasteiger partial charge in [-0.15, -0.1) is 13.2 Å². The molecule has 3 aliphatic rings. The molecule has 2 saturated heterocycles. The molecule has 3 N–H and O–H groups in total. The number of amides is 3. The summed E-state index contributed by atoms with van der Waals surface area (Å²) in [6.07, 6.45) is -3.12. The highest BCUT2D eigenvalue weighted by molar-refractivity contribution is 5.95. The Balaban J connectivity index is 1.75. The fraction of sp³-hybridized carbons (Fsp3) is 0.810. The van der Waals surface area contributed by atoms with Crippen molar-refractivity contribution in [3.8, 4) is 0 Å². The molecule has 186 valence electrons. The lowest BCUT2D eigenvalue weighted by molar-refractivity contribution is -0.321. The smallest absolute Gasteiger partial charge is 0.383 e. The van der Waals surface area contributed by atoms with Crippen LogP contribution in [-0.2, 0) is 23.9 Å². The third-order valence-corrected chi connectivity index (χ3v) is 6.83. The van der Waals surface area contributed by atoms with Gasteiger partial charge in [0.15, 0.2) is 5.78 Å². The van der Waals surface area contributed by atoms with Crippen molar-refractivity contribution in [2.24, 2.45) is 11.8 Å². The van der Waals surface area contributed by atoms with Gasteiger partial charge in [-0.05, 0) is 44.4 Å². The summed E-state index contributed by atoms with van der Waals surface area (Å²) >= 11 is 0. The van der Waals surface area contributed by atoms with E-state index in [0.717, 1.165) is 12.8 Å². The number of hydrogen-bond acceptors (Lipinski definition) is 6. The highest BCUT2D eigenvalue weighted by atomic mass is 19.4. The highest BCUT2D eigenvalue weighted by Gasteiger charge is 2.50. The predicted octanol–water partition coefficient (Wildman–Crippen LogP) is 0.643. The Hall–Kier alpha value is -2.21. The van der Waals surface area contributed by atoms with Gasteiger partial charge in [0, 0.05) is 18.5 Å². The van der Waals surface area contributed by atoms with Crippen molar-refractivity contribution in [3.05, 3.63) is 0 Å². The van der Waals surface area contributed by atoms with Crippen LogP contribution in [0.2, 0.25) is 0 Å². The molecule has 0 spiro atoms.